The van der Waals surface area contributed by atoms with Gasteiger partial charge in [-0.25, -0.2) is 0 Å². The van der Waals surface area contributed by atoms with Crippen molar-refractivity contribution < 1.29 is 9.59 Å². The zero-order chi connectivity index (χ0) is 21.1. The highest BCUT2D eigenvalue weighted by Gasteiger charge is 2.26. The normalized spacial score (nSPS) is 13.7. The van der Waals surface area contributed by atoms with Crippen molar-refractivity contribution in [3.8, 4) is 0 Å². The first-order chi connectivity index (χ1) is 14.5. The monoisotopic (exact) mass is 402 g/mol. The van der Waals surface area contributed by atoms with Crippen molar-refractivity contribution in [3.63, 3.8) is 0 Å². The van der Waals surface area contributed by atoms with E-state index in [2.05, 4.69) is 34.7 Å². The van der Waals surface area contributed by atoms with Gasteiger partial charge in [0.05, 0.1) is 0 Å². The lowest BCUT2D eigenvalue weighted by atomic mass is 10.1. The van der Waals surface area contributed by atoms with Crippen molar-refractivity contribution in [2.45, 2.75) is 39.9 Å². The number of rotatable bonds is 5. The Labute approximate surface area is 176 Å². The lowest BCUT2D eigenvalue weighted by molar-refractivity contribution is 0.0745. The molecule has 6 nitrogen and oxygen atoms in total. The van der Waals surface area contributed by atoms with Gasteiger partial charge in [-0.2, -0.15) is 5.10 Å². The summed E-state index contributed by atoms with van der Waals surface area (Å²) in [7, 11) is 0. The number of carbonyl (C=O) groups excluding carboxylic acids is 2. The number of aryl methyl sites for hydroxylation is 3. The maximum Gasteiger partial charge on any atom is 0.272 e. The van der Waals surface area contributed by atoms with Crippen LogP contribution in [0, 0.1) is 13.8 Å². The van der Waals surface area contributed by atoms with E-state index in [9.17, 15) is 9.59 Å². The number of hydrogen-bond donors (Lipinski definition) is 1. The summed E-state index contributed by atoms with van der Waals surface area (Å²) in [4.78, 5) is 27.5. The van der Waals surface area contributed by atoms with E-state index in [1.807, 2.05) is 43.0 Å². The Bertz CT molecular complexity index is 1050. The average molecular weight is 402 g/mol. The summed E-state index contributed by atoms with van der Waals surface area (Å²) in [5.74, 6) is -0.354. The number of hydrogen-bond acceptors (Lipinski definition) is 3. The third-order valence-electron chi connectivity index (χ3n) is 5.38. The Hall–Kier alpha value is -3.41. The zero-order valence-corrected chi connectivity index (χ0v) is 17.4. The van der Waals surface area contributed by atoms with E-state index in [1.165, 1.54) is 11.1 Å². The molecular formula is C24H26N4O2. The summed E-state index contributed by atoms with van der Waals surface area (Å²) in [6, 6.07) is 17.8. The molecule has 0 fully saturated rings. The summed E-state index contributed by atoms with van der Waals surface area (Å²) in [5, 5.41) is 7.29. The highest BCUT2D eigenvalue weighted by molar-refractivity contribution is 5.98. The molecule has 0 saturated heterocycles. The molecule has 2 amide bonds. The van der Waals surface area contributed by atoms with Crippen LogP contribution in [-0.2, 0) is 19.6 Å². The van der Waals surface area contributed by atoms with E-state index in [-0.39, 0.29) is 17.5 Å². The van der Waals surface area contributed by atoms with Gasteiger partial charge in [-0.1, -0.05) is 59.7 Å². The molecule has 0 radical (unpaired) electrons. The summed E-state index contributed by atoms with van der Waals surface area (Å²) < 4.78 is 1.66. The number of carbonyl (C=O) groups is 2. The first-order valence-electron chi connectivity index (χ1n) is 10.3. The van der Waals surface area contributed by atoms with Crippen LogP contribution in [0.15, 0.2) is 54.6 Å². The van der Waals surface area contributed by atoms with Gasteiger partial charge >= 0.3 is 0 Å². The number of nitrogens with zero attached hydrogens (tertiary/aromatic N) is 3. The minimum Gasteiger partial charge on any atom is -0.347 e. The minimum absolute atomic E-state index is 0.0850. The second-order valence-corrected chi connectivity index (χ2v) is 7.87. The molecule has 2 aromatic carbocycles. The SMILES string of the molecule is Cc1ccc(CNC(=O)c2cc3n(n2)CCCN(Cc2ccc(C)cc2)C3=O)cc1. The molecule has 30 heavy (non-hydrogen) atoms. The molecule has 6 heteroatoms. The van der Waals surface area contributed by atoms with Crippen LogP contribution in [0.25, 0.3) is 0 Å². The van der Waals surface area contributed by atoms with Crippen LogP contribution in [-0.4, -0.2) is 33.0 Å². The maximum atomic E-state index is 13.1. The molecule has 3 aromatic rings. The Balaban J connectivity index is 1.45. The van der Waals surface area contributed by atoms with Crippen LogP contribution in [0.4, 0.5) is 0 Å². The topological polar surface area (TPSA) is 67.2 Å². The van der Waals surface area contributed by atoms with E-state index in [0.717, 1.165) is 17.5 Å². The summed E-state index contributed by atoms with van der Waals surface area (Å²) in [6.07, 6.45) is 0.802. The Morgan fingerprint density at radius 2 is 1.60 bits per heavy atom. The standard InChI is InChI=1S/C24H26N4O2/c1-17-4-8-19(9-5-17)15-25-23(29)21-14-22-24(30)27(12-3-13-28(22)26-21)16-20-10-6-18(2)7-11-20/h4-11,14H,3,12-13,15-16H2,1-2H3,(H,25,29). The van der Waals surface area contributed by atoms with Crippen LogP contribution in [0.2, 0.25) is 0 Å². The highest BCUT2D eigenvalue weighted by Crippen LogP contribution is 2.17. The summed E-state index contributed by atoms with van der Waals surface area (Å²) in [6.45, 7) is 6.35. The number of aromatic nitrogens is 2. The average Bonchev–Trinajstić information content (AvgIpc) is 3.12. The van der Waals surface area contributed by atoms with Gasteiger partial charge in [0.2, 0.25) is 0 Å². The largest absolute Gasteiger partial charge is 0.347 e. The third kappa shape index (κ3) is 4.43. The van der Waals surface area contributed by atoms with Crippen molar-refractivity contribution in [1.29, 1.82) is 0 Å². The molecule has 1 aromatic heterocycles. The molecule has 1 aliphatic heterocycles. The van der Waals surface area contributed by atoms with Gasteiger partial charge in [-0.05, 0) is 31.4 Å². The predicted octanol–water partition coefficient (Wildman–Crippen LogP) is 3.48. The Morgan fingerprint density at radius 1 is 0.967 bits per heavy atom. The van der Waals surface area contributed by atoms with Crippen LogP contribution < -0.4 is 5.32 Å². The van der Waals surface area contributed by atoms with Crippen molar-refractivity contribution in [2.24, 2.45) is 0 Å². The van der Waals surface area contributed by atoms with Crippen molar-refractivity contribution >= 4 is 11.8 Å². The van der Waals surface area contributed by atoms with Crippen LogP contribution in [0.5, 0.6) is 0 Å². The maximum absolute atomic E-state index is 13.1. The quantitative estimate of drug-likeness (QED) is 0.711. The van der Waals surface area contributed by atoms with E-state index in [0.29, 0.717) is 31.9 Å². The Morgan fingerprint density at radius 3 is 2.27 bits per heavy atom. The lowest BCUT2D eigenvalue weighted by Crippen LogP contribution is -2.30. The summed E-state index contributed by atoms with van der Waals surface area (Å²) in [5.41, 5.74) is 5.24. The molecule has 0 bridgehead atoms. The van der Waals surface area contributed by atoms with Crippen molar-refractivity contribution in [3.05, 3.63) is 88.2 Å². The minimum atomic E-state index is -0.269. The second-order valence-electron chi connectivity index (χ2n) is 7.87. The van der Waals surface area contributed by atoms with Gasteiger partial charge in [0.1, 0.15) is 5.69 Å². The molecule has 1 N–H and O–H groups in total. The fourth-order valence-corrected chi connectivity index (χ4v) is 3.59. The fraction of sp³-hybridized carbons (Fsp3) is 0.292. The first kappa shape index (κ1) is 19.9. The number of benzene rings is 2. The lowest BCUT2D eigenvalue weighted by Gasteiger charge is -2.20. The van der Waals surface area contributed by atoms with Gasteiger partial charge in [-0.3, -0.25) is 14.3 Å². The van der Waals surface area contributed by atoms with Gasteiger partial charge < -0.3 is 10.2 Å². The van der Waals surface area contributed by atoms with Crippen LogP contribution >= 0.6 is 0 Å². The van der Waals surface area contributed by atoms with E-state index in [1.54, 1.807) is 10.7 Å². The molecule has 0 atom stereocenters. The smallest absolute Gasteiger partial charge is 0.272 e. The molecule has 2 heterocycles. The molecule has 1 aliphatic rings. The Kier molecular flexibility index (Phi) is 5.65. The molecule has 0 aliphatic carbocycles. The highest BCUT2D eigenvalue weighted by atomic mass is 16.2. The number of nitrogens with one attached hydrogen (secondary N) is 1. The van der Waals surface area contributed by atoms with Crippen molar-refractivity contribution in [1.82, 2.24) is 20.0 Å². The molecule has 154 valence electrons. The second kappa shape index (κ2) is 8.53. The van der Waals surface area contributed by atoms with Gasteiger partial charge in [0.15, 0.2) is 5.69 Å². The number of fused-ring (bicyclic) bond motifs is 1. The molecular weight excluding hydrogens is 376 g/mol. The fourth-order valence-electron chi connectivity index (χ4n) is 3.59. The van der Waals surface area contributed by atoms with E-state index in [4.69, 9.17) is 0 Å². The van der Waals surface area contributed by atoms with E-state index < -0.39 is 0 Å². The van der Waals surface area contributed by atoms with Gasteiger partial charge in [-0.15, -0.1) is 0 Å². The van der Waals surface area contributed by atoms with Crippen molar-refractivity contribution in [2.75, 3.05) is 6.54 Å². The number of amides is 2. The molecule has 0 saturated carbocycles. The summed E-state index contributed by atoms with van der Waals surface area (Å²) >= 11 is 0. The zero-order valence-electron chi connectivity index (χ0n) is 17.4. The first-order valence-corrected chi connectivity index (χ1v) is 10.3. The molecule has 4 rings (SSSR count). The molecule has 0 unspecified atom stereocenters. The third-order valence-corrected chi connectivity index (χ3v) is 5.38. The van der Waals surface area contributed by atoms with Crippen LogP contribution in [0.1, 0.15) is 49.7 Å². The van der Waals surface area contributed by atoms with Gasteiger partial charge in [0, 0.05) is 32.2 Å². The molecule has 0 spiro atoms. The van der Waals surface area contributed by atoms with Crippen LogP contribution in [0.3, 0.4) is 0 Å². The van der Waals surface area contributed by atoms with E-state index >= 15 is 0 Å². The predicted molar refractivity (Wildman–Crippen MR) is 115 cm³/mol. The van der Waals surface area contributed by atoms with Gasteiger partial charge in [0.25, 0.3) is 11.8 Å².